The van der Waals surface area contributed by atoms with Crippen LogP contribution in [0.3, 0.4) is 0 Å². The lowest BCUT2D eigenvalue weighted by molar-refractivity contribution is -0.138. The molecule has 0 heterocycles. The molecule has 0 amide bonds. The van der Waals surface area contributed by atoms with Gasteiger partial charge in [-0.15, -0.1) is 0 Å². The van der Waals surface area contributed by atoms with E-state index in [9.17, 15) is 4.79 Å². The lowest BCUT2D eigenvalue weighted by Gasteiger charge is -2.17. The Morgan fingerprint density at radius 2 is 2.14 bits per heavy atom. The van der Waals surface area contributed by atoms with Crippen LogP contribution in [0.25, 0.3) is 0 Å². The fourth-order valence-electron chi connectivity index (χ4n) is 1.75. The number of carboxylic acids is 1. The average Bonchev–Trinajstić information content (AvgIpc) is 2.12. The van der Waals surface area contributed by atoms with Crippen LogP contribution in [-0.2, 0) is 4.79 Å². The van der Waals surface area contributed by atoms with Crippen molar-refractivity contribution in [2.75, 3.05) is 6.54 Å². The number of aliphatic carboxylic acids is 1. The Kier molecular flexibility index (Phi) is 7.48. The van der Waals surface area contributed by atoms with E-state index in [0.717, 1.165) is 6.42 Å². The van der Waals surface area contributed by atoms with Gasteiger partial charge in [-0.25, -0.2) is 0 Å². The third-order valence-corrected chi connectivity index (χ3v) is 2.58. The minimum Gasteiger partial charge on any atom is -0.481 e. The van der Waals surface area contributed by atoms with Crippen molar-refractivity contribution in [2.45, 2.75) is 46.0 Å². The van der Waals surface area contributed by atoms with Gasteiger partial charge in [0.2, 0.25) is 0 Å². The fraction of sp³-hybridized carbons (Fsp3) is 0.909. The Morgan fingerprint density at radius 1 is 1.50 bits per heavy atom. The van der Waals surface area contributed by atoms with Gasteiger partial charge in [0.05, 0.1) is 0 Å². The molecule has 2 atom stereocenters. The predicted molar refractivity (Wildman–Crippen MR) is 58.1 cm³/mol. The van der Waals surface area contributed by atoms with Gasteiger partial charge in [0, 0.05) is 6.42 Å². The van der Waals surface area contributed by atoms with Crippen LogP contribution in [0.2, 0.25) is 0 Å². The summed E-state index contributed by atoms with van der Waals surface area (Å²) in [5, 5.41) is 8.65. The summed E-state index contributed by atoms with van der Waals surface area (Å²) in [5.41, 5.74) is 5.53. The molecule has 0 aromatic carbocycles. The third kappa shape index (κ3) is 6.89. The summed E-state index contributed by atoms with van der Waals surface area (Å²) in [6.07, 6.45) is 4.78. The molecule has 0 saturated heterocycles. The second kappa shape index (κ2) is 7.80. The molecule has 0 radical (unpaired) electrons. The van der Waals surface area contributed by atoms with Crippen molar-refractivity contribution in [2.24, 2.45) is 17.6 Å². The van der Waals surface area contributed by atoms with E-state index in [1.807, 2.05) is 0 Å². The maximum absolute atomic E-state index is 10.5. The highest BCUT2D eigenvalue weighted by molar-refractivity contribution is 5.67. The van der Waals surface area contributed by atoms with E-state index in [4.69, 9.17) is 10.8 Å². The standard InChI is InChI=1S/C11H23NO2/c1-3-4-5-9(2)6-10(8-12)7-11(13)14/h9-10H,3-8,12H2,1-2H3,(H,13,14)/t9-,10+/m0/s1. The van der Waals surface area contributed by atoms with Crippen LogP contribution in [-0.4, -0.2) is 17.6 Å². The molecule has 0 fully saturated rings. The third-order valence-electron chi connectivity index (χ3n) is 2.58. The SMILES string of the molecule is CCCC[C@H](C)C[C@@H](CN)CC(=O)O. The Morgan fingerprint density at radius 3 is 2.57 bits per heavy atom. The quantitative estimate of drug-likeness (QED) is 0.633. The van der Waals surface area contributed by atoms with Gasteiger partial charge in [0.15, 0.2) is 0 Å². The van der Waals surface area contributed by atoms with Crippen molar-refractivity contribution in [3.05, 3.63) is 0 Å². The monoisotopic (exact) mass is 201 g/mol. The van der Waals surface area contributed by atoms with Crippen molar-refractivity contribution in [1.82, 2.24) is 0 Å². The number of rotatable bonds is 8. The molecule has 0 aliphatic carbocycles. The van der Waals surface area contributed by atoms with E-state index < -0.39 is 5.97 Å². The number of unbranched alkanes of at least 4 members (excludes halogenated alkanes) is 1. The van der Waals surface area contributed by atoms with Crippen LogP contribution in [0, 0.1) is 11.8 Å². The van der Waals surface area contributed by atoms with Crippen molar-refractivity contribution >= 4 is 5.97 Å². The average molecular weight is 201 g/mol. The molecule has 84 valence electrons. The highest BCUT2D eigenvalue weighted by atomic mass is 16.4. The van der Waals surface area contributed by atoms with E-state index in [-0.39, 0.29) is 12.3 Å². The number of hydrogen-bond acceptors (Lipinski definition) is 2. The minimum atomic E-state index is -0.733. The summed E-state index contributed by atoms with van der Waals surface area (Å²) in [7, 11) is 0. The van der Waals surface area contributed by atoms with Gasteiger partial charge >= 0.3 is 5.97 Å². The van der Waals surface area contributed by atoms with Gasteiger partial charge in [-0.1, -0.05) is 33.1 Å². The molecule has 0 aromatic rings. The zero-order chi connectivity index (χ0) is 11.0. The topological polar surface area (TPSA) is 63.3 Å². The summed E-state index contributed by atoms with van der Waals surface area (Å²) in [6.45, 7) is 4.84. The molecular formula is C11H23NO2. The van der Waals surface area contributed by atoms with Gasteiger partial charge < -0.3 is 10.8 Å². The van der Waals surface area contributed by atoms with Crippen molar-refractivity contribution in [1.29, 1.82) is 0 Å². The summed E-state index contributed by atoms with van der Waals surface area (Å²) >= 11 is 0. The summed E-state index contributed by atoms with van der Waals surface area (Å²) in [6, 6.07) is 0. The largest absolute Gasteiger partial charge is 0.481 e. The summed E-state index contributed by atoms with van der Waals surface area (Å²) in [5.74, 6) is 0.0188. The van der Waals surface area contributed by atoms with Crippen molar-refractivity contribution in [3.8, 4) is 0 Å². The maximum atomic E-state index is 10.5. The first-order chi connectivity index (χ1) is 6.60. The fourth-order valence-corrected chi connectivity index (χ4v) is 1.75. The van der Waals surface area contributed by atoms with Gasteiger partial charge in [0.1, 0.15) is 0 Å². The van der Waals surface area contributed by atoms with Crippen molar-refractivity contribution < 1.29 is 9.90 Å². The Labute approximate surface area is 86.7 Å². The summed E-state index contributed by atoms with van der Waals surface area (Å²) < 4.78 is 0. The van der Waals surface area contributed by atoms with Crippen LogP contribution in [0.15, 0.2) is 0 Å². The second-order valence-corrected chi connectivity index (χ2v) is 4.18. The molecule has 3 N–H and O–H groups in total. The van der Waals surface area contributed by atoms with Crippen molar-refractivity contribution in [3.63, 3.8) is 0 Å². The highest BCUT2D eigenvalue weighted by Crippen LogP contribution is 2.19. The molecule has 3 nitrogen and oxygen atoms in total. The maximum Gasteiger partial charge on any atom is 0.303 e. The Balaban J connectivity index is 3.73. The lowest BCUT2D eigenvalue weighted by atomic mass is 9.90. The van der Waals surface area contributed by atoms with E-state index in [1.54, 1.807) is 0 Å². The zero-order valence-corrected chi connectivity index (χ0v) is 9.33. The molecule has 3 heteroatoms. The molecule has 0 aliphatic rings. The van der Waals surface area contributed by atoms with E-state index in [1.165, 1.54) is 19.3 Å². The first-order valence-electron chi connectivity index (χ1n) is 5.52. The van der Waals surface area contributed by atoms with Gasteiger partial charge in [-0.2, -0.15) is 0 Å². The molecule has 0 saturated carbocycles. The molecule has 14 heavy (non-hydrogen) atoms. The van der Waals surface area contributed by atoms with Gasteiger partial charge in [-0.05, 0) is 24.8 Å². The molecule has 0 aliphatic heterocycles. The minimum absolute atomic E-state index is 0.152. The van der Waals surface area contributed by atoms with Crippen LogP contribution >= 0.6 is 0 Å². The Bertz CT molecular complexity index is 159. The normalized spacial score (nSPS) is 15.1. The highest BCUT2D eigenvalue weighted by Gasteiger charge is 2.14. The lowest BCUT2D eigenvalue weighted by Crippen LogP contribution is -2.20. The molecule has 0 bridgehead atoms. The van der Waals surface area contributed by atoms with Crippen LogP contribution in [0.1, 0.15) is 46.0 Å². The van der Waals surface area contributed by atoms with Gasteiger partial charge in [-0.3, -0.25) is 4.79 Å². The van der Waals surface area contributed by atoms with Crippen LogP contribution < -0.4 is 5.73 Å². The van der Waals surface area contributed by atoms with E-state index in [2.05, 4.69) is 13.8 Å². The molecular weight excluding hydrogens is 178 g/mol. The molecule has 0 unspecified atom stereocenters. The first kappa shape index (κ1) is 13.4. The number of carboxylic acid groups (broad SMARTS) is 1. The molecule has 0 aromatic heterocycles. The molecule has 0 rings (SSSR count). The predicted octanol–water partition coefficient (Wildman–Crippen LogP) is 2.25. The molecule has 0 spiro atoms. The van der Waals surface area contributed by atoms with Crippen LogP contribution in [0.5, 0.6) is 0 Å². The number of carbonyl (C=O) groups is 1. The smallest absolute Gasteiger partial charge is 0.303 e. The van der Waals surface area contributed by atoms with Gasteiger partial charge in [0.25, 0.3) is 0 Å². The number of hydrogen-bond donors (Lipinski definition) is 2. The second-order valence-electron chi connectivity index (χ2n) is 4.18. The first-order valence-corrected chi connectivity index (χ1v) is 5.52. The Hall–Kier alpha value is -0.570. The van der Waals surface area contributed by atoms with Crippen LogP contribution in [0.4, 0.5) is 0 Å². The number of nitrogens with two attached hydrogens (primary N) is 1. The van der Waals surface area contributed by atoms with E-state index in [0.29, 0.717) is 12.5 Å². The summed E-state index contributed by atoms with van der Waals surface area (Å²) in [4.78, 5) is 10.5. The zero-order valence-electron chi connectivity index (χ0n) is 9.33. The van der Waals surface area contributed by atoms with E-state index >= 15 is 0 Å².